The first-order valence-corrected chi connectivity index (χ1v) is 13.5. The summed E-state index contributed by atoms with van der Waals surface area (Å²) < 4.78 is 21.0. The van der Waals surface area contributed by atoms with Crippen LogP contribution in [0.15, 0.2) is 24.3 Å². The van der Waals surface area contributed by atoms with E-state index in [1.165, 1.54) is 77.0 Å². The minimum Gasteiger partial charge on any atom is -0.493 e. The number of hydrogen-bond donors (Lipinski definition) is 0. The number of hydrogen-bond acceptors (Lipinski definition) is 1. The van der Waals surface area contributed by atoms with E-state index in [0.29, 0.717) is 12.3 Å². The number of alkyl halides is 1. The molecule has 2 heteroatoms. The number of unbranched alkanes of at least 4 members (excludes halogenated alkanes) is 2. The summed E-state index contributed by atoms with van der Waals surface area (Å²) in [5, 5.41) is 0. The molecule has 0 heterocycles. The van der Waals surface area contributed by atoms with Gasteiger partial charge in [-0.1, -0.05) is 90.2 Å². The van der Waals surface area contributed by atoms with Crippen LogP contribution < -0.4 is 4.74 Å². The molecule has 0 amide bonds. The van der Waals surface area contributed by atoms with Crippen molar-refractivity contribution in [2.75, 3.05) is 6.61 Å². The Morgan fingerprint density at radius 3 is 2.03 bits per heavy atom. The summed E-state index contributed by atoms with van der Waals surface area (Å²) in [4.78, 5) is 0. The van der Waals surface area contributed by atoms with Crippen molar-refractivity contribution in [3.63, 3.8) is 0 Å². The van der Waals surface area contributed by atoms with Gasteiger partial charge in [-0.05, 0) is 67.1 Å². The molecule has 31 heavy (non-hydrogen) atoms. The molecule has 0 N–H and O–H groups in total. The number of halogens is 1. The molecule has 0 saturated heterocycles. The first-order valence-electron chi connectivity index (χ1n) is 13.5. The van der Waals surface area contributed by atoms with Crippen LogP contribution in [0.5, 0.6) is 5.75 Å². The van der Waals surface area contributed by atoms with Gasteiger partial charge >= 0.3 is 0 Å². The van der Waals surface area contributed by atoms with Gasteiger partial charge in [-0.3, -0.25) is 0 Å². The molecular weight excluding hydrogens is 383 g/mol. The lowest BCUT2D eigenvalue weighted by Gasteiger charge is -2.30. The molecule has 0 bridgehead atoms. The molecule has 2 saturated carbocycles. The summed E-state index contributed by atoms with van der Waals surface area (Å²) in [7, 11) is 0. The van der Waals surface area contributed by atoms with Crippen LogP contribution >= 0.6 is 0 Å². The normalized spacial score (nSPS) is 27.7. The van der Waals surface area contributed by atoms with Gasteiger partial charge in [0, 0.05) is 6.42 Å². The summed E-state index contributed by atoms with van der Waals surface area (Å²) in [6, 6.07) is 8.26. The summed E-state index contributed by atoms with van der Waals surface area (Å²) >= 11 is 0. The van der Waals surface area contributed by atoms with Crippen molar-refractivity contribution in [3.05, 3.63) is 29.8 Å². The molecule has 1 unspecified atom stereocenters. The minimum absolute atomic E-state index is 0.265. The second kappa shape index (κ2) is 13.5. The maximum Gasteiger partial charge on any atom is 0.119 e. The first-order chi connectivity index (χ1) is 15.2. The summed E-state index contributed by atoms with van der Waals surface area (Å²) in [5.41, 5.74) is 1.11. The molecule has 2 aliphatic rings. The van der Waals surface area contributed by atoms with E-state index in [4.69, 9.17) is 4.74 Å². The lowest BCUT2D eigenvalue weighted by Crippen LogP contribution is -2.24. The zero-order valence-electron chi connectivity index (χ0n) is 20.3. The maximum atomic E-state index is 14.9. The highest BCUT2D eigenvalue weighted by atomic mass is 19.1. The number of benzene rings is 1. The summed E-state index contributed by atoms with van der Waals surface area (Å²) in [6.07, 6.45) is 18.0. The third-order valence-corrected chi connectivity index (χ3v) is 8.12. The number of rotatable bonds is 12. The molecule has 1 aromatic carbocycles. The van der Waals surface area contributed by atoms with Crippen molar-refractivity contribution in [2.24, 2.45) is 23.7 Å². The molecule has 0 aromatic heterocycles. The topological polar surface area (TPSA) is 9.23 Å². The fourth-order valence-electron chi connectivity index (χ4n) is 5.94. The largest absolute Gasteiger partial charge is 0.493 e. The van der Waals surface area contributed by atoms with Crippen molar-refractivity contribution in [1.82, 2.24) is 0 Å². The van der Waals surface area contributed by atoms with E-state index in [2.05, 4.69) is 38.1 Å². The second-order valence-electron chi connectivity index (χ2n) is 10.6. The zero-order chi connectivity index (χ0) is 21.9. The van der Waals surface area contributed by atoms with Gasteiger partial charge < -0.3 is 4.74 Å². The molecule has 3 rings (SSSR count). The highest BCUT2D eigenvalue weighted by Gasteiger charge is 2.27. The Morgan fingerprint density at radius 2 is 1.39 bits per heavy atom. The van der Waals surface area contributed by atoms with Gasteiger partial charge in [0.1, 0.15) is 11.9 Å². The molecule has 1 aromatic rings. The quantitative estimate of drug-likeness (QED) is 0.301. The van der Waals surface area contributed by atoms with Gasteiger partial charge in [0.2, 0.25) is 0 Å². The Hall–Kier alpha value is -1.05. The molecule has 176 valence electrons. The van der Waals surface area contributed by atoms with Crippen LogP contribution in [0.3, 0.4) is 0 Å². The Morgan fingerprint density at radius 1 is 0.774 bits per heavy atom. The first kappa shape index (κ1) is 24.6. The van der Waals surface area contributed by atoms with Crippen LogP contribution in [0.2, 0.25) is 0 Å². The lowest BCUT2D eigenvalue weighted by atomic mass is 9.77. The van der Waals surface area contributed by atoms with Crippen molar-refractivity contribution < 1.29 is 9.13 Å². The van der Waals surface area contributed by atoms with E-state index in [1.807, 2.05) is 0 Å². The van der Waals surface area contributed by atoms with Crippen molar-refractivity contribution in [1.29, 1.82) is 0 Å². The SMILES string of the molecule is CCCCC[C@H]1CC[C@H](COc2ccc(CC(F)[C@H]3CC[C@H](CCC)CC3)cc2)CC1. The molecule has 2 fully saturated rings. The van der Waals surface area contributed by atoms with E-state index < -0.39 is 6.17 Å². The lowest BCUT2D eigenvalue weighted by molar-refractivity contribution is 0.152. The monoisotopic (exact) mass is 430 g/mol. The fraction of sp³-hybridized carbons (Fsp3) is 0.793. The average Bonchev–Trinajstić information content (AvgIpc) is 2.80. The Labute approximate surface area is 191 Å². The Bertz CT molecular complexity index is 581. The van der Waals surface area contributed by atoms with Gasteiger partial charge in [-0.2, -0.15) is 0 Å². The highest BCUT2D eigenvalue weighted by Crippen LogP contribution is 2.35. The van der Waals surface area contributed by atoms with Gasteiger partial charge in [0.05, 0.1) is 6.61 Å². The Balaban J connectivity index is 1.33. The molecule has 0 spiro atoms. The molecule has 1 nitrogen and oxygen atoms in total. The molecular formula is C29H47FO. The van der Waals surface area contributed by atoms with Crippen molar-refractivity contribution >= 4 is 0 Å². The smallest absolute Gasteiger partial charge is 0.119 e. The van der Waals surface area contributed by atoms with Crippen molar-refractivity contribution in [3.8, 4) is 5.75 Å². The predicted octanol–water partition coefficient (Wildman–Crippen LogP) is 8.94. The van der Waals surface area contributed by atoms with E-state index in [9.17, 15) is 4.39 Å². The standard InChI is InChI=1S/C29H47FO/c1-3-5-6-8-24-9-11-26(12-10-24)22-31-28-19-15-25(16-20-28)21-29(30)27-17-13-23(7-4-2)14-18-27/h15-16,19-20,23-24,26-27,29H,3-14,17-18,21-22H2,1-2H3/t23-,24-,26-,27-,29?. The van der Waals surface area contributed by atoms with E-state index >= 15 is 0 Å². The molecule has 0 radical (unpaired) electrons. The maximum absolute atomic E-state index is 14.9. The van der Waals surface area contributed by atoms with E-state index in [1.54, 1.807) is 0 Å². The molecule has 1 atom stereocenters. The Kier molecular flexibility index (Phi) is 10.7. The highest BCUT2D eigenvalue weighted by molar-refractivity contribution is 5.27. The summed E-state index contributed by atoms with van der Waals surface area (Å²) in [6.45, 7) is 5.39. The van der Waals surface area contributed by atoms with Crippen LogP contribution in [0.25, 0.3) is 0 Å². The van der Waals surface area contributed by atoms with Crippen LogP contribution in [-0.2, 0) is 6.42 Å². The van der Waals surface area contributed by atoms with Crippen LogP contribution in [0.1, 0.15) is 109 Å². The second-order valence-corrected chi connectivity index (χ2v) is 10.6. The van der Waals surface area contributed by atoms with Crippen molar-refractivity contribution in [2.45, 2.75) is 116 Å². The number of ether oxygens (including phenoxy) is 1. The minimum atomic E-state index is -0.693. The zero-order valence-corrected chi connectivity index (χ0v) is 20.3. The van der Waals surface area contributed by atoms with E-state index in [-0.39, 0.29) is 5.92 Å². The van der Waals surface area contributed by atoms with Crippen LogP contribution in [-0.4, -0.2) is 12.8 Å². The fourth-order valence-corrected chi connectivity index (χ4v) is 5.94. The van der Waals surface area contributed by atoms with Crippen LogP contribution in [0.4, 0.5) is 4.39 Å². The van der Waals surface area contributed by atoms with Gasteiger partial charge in [-0.15, -0.1) is 0 Å². The average molecular weight is 431 g/mol. The van der Waals surface area contributed by atoms with Gasteiger partial charge in [-0.25, -0.2) is 4.39 Å². The van der Waals surface area contributed by atoms with E-state index in [0.717, 1.165) is 42.6 Å². The third-order valence-electron chi connectivity index (χ3n) is 8.12. The van der Waals surface area contributed by atoms with Gasteiger partial charge in [0.15, 0.2) is 0 Å². The predicted molar refractivity (Wildman–Crippen MR) is 130 cm³/mol. The van der Waals surface area contributed by atoms with Gasteiger partial charge in [0.25, 0.3) is 0 Å². The molecule has 0 aliphatic heterocycles. The molecule has 2 aliphatic carbocycles. The third kappa shape index (κ3) is 8.43. The van der Waals surface area contributed by atoms with Crippen LogP contribution in [0, 0.1) is 23.7 Å². The summed E-state index contributed by atoms with van der Waals surface area (Å²) in [5.74, 6) is 3.73.